The van der Waals surface area contributed by atoms with E-state index in [2.05, 4.69) is 4.98 Å². The Hall–Kier alpha value is -1.76. The third kappa shape index (κ3) is 2.57. The lowest BCUT2D eigenvalue weighted by atomic mass is 10.2. The van der Waals surface area contributed by atoms with Crippen LogP contribution in [0.5, 0.6) is 5.75 Å². The number of nitrogens with zero attached hydrogens (tertiary/aromatic N) is 2. The molecule has 1 aromatic carbocycles. The molecule has 2 heterocycles. The van der Waals surface area contributed by atoms with Crippen molar-refractivity contribution in [3.63, 3.8) is 0 Å². The molecule has 1 unspecified atom stereocenters. The highest BCUT2D eigenvalue weighted by Crippen LogP contribution is 2.34. The Labute approximate surface area is 123 Å². The zero-order valence-electron chi connectivity index (χ0n) is 12.1. The van der Waals surface area contributed by atoms with E-state index in [0.29, 0.717) is 23.6 Å². The standard InChI is InChI=1S/C14H19N3O3S/c1-9(2)20-12-5-3-4-11-13(12)16-14(15)17(11)10-6-7-21(18,19)8-10/h3-5,9-10H,6-8H2,1-2H3,(H2,15,16). The summed E-state index contributed by atoms with van der Waals surface area (Å²) in [4.78, 5) is 4.38. The Morgan fingerprint density at radius 2 is 2.19 bits per heavy atom. The molecule has 1 fully saturated rings. The Kier molecular flexibility index (Phi) is 3.32. The second-order valence-corrected chi connectivity index (χ2v) is 7.92. The van der Waals surface area contributed by atoms with Crippen LogP contribution in [-0.4, -0.2) is 35.6 Å². The molecule has 1 aliphatic heterocycles. The van der Waals surface area contributed by atoms with Crippen LogP contribution in [0, 0.1) is 0 Å². The van der Waals surface area contributed by atoms with Gasteiger partial charge in [0, 0.05) is 0 Å². The Balaban J connectivity index is 2.10. The summed E-state index contributed by atoms with van der Waals surface area (Å²) in [7, 11) is -2.97. The van der Waals surface area contributed by atoms with E-state index in [4.69, 9.17) is 10.5 Å². The number of nitrogens with two attached hydrogens (primary N) is 1. The van der Waals surface area contributed by atoms with Crippen LogP contribution in [0.25, 0.3) is 11.0 Å². The van der Waals surface area contributed by atoms with Crippen LogP contribution in [0.4, 0.5) is 5.95 Å². The number of hydrogen-bond acceptors (Lipinski definition) is 5. The van der Waals surface area contributed by atoms with Crippen molar-refractivity contribution in [1.29, 1.82) is 0 Å². The second kappa shape index (κ2) is 4.91. The fraction of sp³-hybridized carbons (Fsp3) is 0.500. The van der Waals surface area contributed by atoms with E-state index in [0.717, 1.165) is 5.52 Å². The molecule has 6 nitrogen and oxygen atoms in total. The first-order chi connectivity index (χ1) is 9.87. The molecular formula is C14H19N3O3S. The zero-order valence-corrected chi connectivity index (χ0v) is 12.9. The maximum absolute atomic E-state index is 11.7. The molecule has 2 N–H and O–H groups in total. The number of hydrogen-bond donors (Lipinski definition) is 1. The lowest BCUT2D eigenvalue weighted by molar-refractivity contribution is 0.245. The van der Waals surface area contributed by atoms with Gasteiger partial charge in [-0.15, -0.1) is 0 Å². The van der Waals surface area contributed by atoms with E-state index in [1.54, 1.807) is 0 Å². The summed E-state index contributed by atoms with van der Waals surface area (Å²) in [5.41, 5.74) is 7.54. The molecule has 0 spiro atoms. The number of anilines is 1. The van der Waals surface area contributed by atoms with Gasteiger partial charge in [-0.1, -0.05) is 6.07 Å². The molecule has 0 saturated carbocycles. The minimum absolute atomic E-state index is 0.0360. The van der Waals surface area contributed by atoms with Crippen molar-refractivity contribution in [3.8, 4) is 5.75 Å². The fourth-order valence-electron chi connectivity index (χ4n) is 2.82. The Bertz CT molecular complexity index is 780. The third-order valence-corrected chi connectivity index (χ3v) is 5.40. The summed E-state index contributed by atoms with van der Waals surface area (Å²) in [6.07, 6.45) is 0.613. The van der Waals surface area contributed by atoms with Crippen LogP contribution in [0.3, 0.4) is 0 Å². The van der Waals surface area contributed by atoms with E-state index < -0.39 is 9.84 Å². The predicted octanol–water partition coefficient (Wildman–Crippen LogP) is 1.77. The molecule has 1 atom stereocenters. The van der Waals surface area contributed by atoms with Crippen molar-refractivity contribution in [2.24, 2.45) is 0 Å². The van der Waals surface area contributed by atoms with Crippen LogP contribution in [0.1, 0.15) is 26.3 Å². The summed E-state index contributed by atoms with van der Waals surface area (Å²) >= 11 is 0. The van der Waals surface area contributed by atoms with Crippen molar-refractivity contribution in [2.75, 3.05) is 17.2 Å². The minimum atomic E-state index is -2.97. The van der Waals surface area contributed by atoms with Gasteiger partial charge in [-0.2, -0.15) is 0 Å². The first-order valence-corrected chi connectivity index (χ1v) is 8.83. The summed E-state index contributed by atoms with van der Waals surface area (Å²) in [6, 6.07) is 5.48. The van der Waals surface area contributed by atoms with Crippen molar-refractivity contribution in [3.05, 3.63) is 18.2 Å². The molecule has 0 bridgehead atoms. The quantitative estimate of drug-likeness (QED) is 0.933. The van der Waals surface area contributed by atoms with Gasteiger partial charge >= 0.3 is 0 Å². The normalized spacial score (nSPS) is 21.2. The monoisotopic (exact) mass is 309 g/mol. The van der Waals surface area contributed by atoms with Gasteiger partial charge in [0.1, 0.15) is 11.3 Å². The number of fused-ring (bicyclic) bond motifs is 1. The van der Waals surface area contributed by atoms with Gasteiger partial charge in [0.05, 0.1) is 29.2 Å². The molecule has 7 heteroatoms. The first kappa shape index (κ1) is 14.2. The highest BCUT2D eigenvalue weighted by molar-refractivity contribution is 7.91. The molecule has 3 rings (SSSR count). The molecule has 1 aromatic heterocycles. The largest absolute Gasteiger partial charge is 0.489 e. The lowest BCUT2D eigenvalue weighted by Crippen LogP contribution is -2.13. The molecule has 2 aromatic rings. The molecule has 1 aliphatic rings. The number of benzene rings is 1. The van der Waals surface area contributed by atoms with E-state index in [-0.39, 0.29) is 23.7 Å². The van der Waals surface area contributed by atoms with Crippen LogP contribution in [0.2, 0.25) is 0 Å². The summed E-state index contributed by atoms with van der Waals surface area (Å²) in [6.45, 7) is 3.89. The Morgan fingerprint density at radius 3 is 2.81 bits per heavy atom. The number of nitrogen functional groups attached to an aromatic ring is 1. The van der Waals surface area contributed by atoms with Gasteiger partial charge in [-0.3, -0.25) is 0 Å². The molecule has 114 valence electrons. The second-order valence-electron chi connectivity index (χ2n) is 5.69. The van der Waals surface area contributed by atoms with Crippen LogP contribution < -0.4 is 10.5 Å². The number of para-hydroxylation sites is 1. The fourth-order valence-corrected chi connectivity index (χ4v) is 4.52. The number of aromatic nitrogens is 2. The molecule has 0 aliphatic carbocycles. The minimum Gasteiger partial charge on any atom is -0.489 e. The molecular weight excluding hydrogens is 290 g/mol. The highest BCUT2D eigenvalue weighted by Gasteiger charge is 2.31. The summed E-state index contributed by atoms with van der Waals surface area (Å²) in [5, 5.41) is 0. The van der Waals surface area contributed by atoms with Gasteiger partial charge in [0.15, 0.2) is 9.84 Å². The van der Waals surface area contributed by atoms with E-state index in [1.807, 2.05) is 36.6 Å². The van der Waals surface area contributed by atoms with Crippen LogP contribution in [-0.2, 0) is 9.84 Å². The third-order valence-electron chi connectivity index (χ3n) is 3.65. The van der Waals surface area contributed by atoms with Gasteiger partial charge in [0.2, 0.25) is 5.95 Å². The van der Waals surface area contributed by atoms with Gasteiger partial charge < -0.3 is 15.0 Å². The Morgan fingerprint density at radius 1 is 1.43 bits per heavy atom. The average molecular weight is 309 g/mol. The van der Waals surface area contributed by atoms with Gasteiger partial charge in [-0.25, -0.2) is 13.4 Å². The van der Waals surface area contributed by atoms with Crippen LogP contribution in [0.15, 0.2) is 18.2 Å². The van der Waals surface area contributed by atoms with E-state index in [1.165, 1.54) is 0 Å². The lowest BCUT2D eigenvalue weighted by Gasteiger charge is -2.14. The number of ether oxygens (including phenoxy) is 1. The maximum Gasteiger partial charge on any atom is 0.201 e. The topological polar surface area (TPSA) is 87.2 Å². The van der Waals surface area contributed by atoms with Crippen molar-refractivity contribution in [1.82, 2.24) is 9.55 Å². The molecule has 21 heavy (non-hydrogen) atoms. The van der Waals surface area contributed by atoms with Gasteiger partial charge in [-0.05, 0) is 32.4 Å². The number of sulfone groups is 1. The van der Waals surface area contributed by atoms with Crippen molar-refractivity contribution < 1.29 is 13.2 Å². The number of imidazole rings is 1. The highest BCUT2D eigenvalue weighted by atomic mass is 32.2. The summed E-state index contributed by atoms with van der Waals surface area (Å²) in [5.74, 6) is 1.34. The molecule has 0 amide bonds. The maximum atomic E-state index is 11.7. The smallest absolute Gasteiger partial charge is 0.201 e. The van der Waals surface area contributed by atoms with E-state index >= 15 is 0 Å². The molecule has 0 radical (unpaired) electrons. The zero-order chi connectivity index (χ0) is 15.2. The SMILES string of the molecule is CC(C)Oc1cccc2c1nc(N)n2C1CCS(=O)(=O)C1. The van der Waals surface area contributed by atoms with Crippen molar-refractivity contribution >= 4 is 26.8 Å². The van der Waals surface area contributed by atoms with Crippen molar-refractivity contribution in [2.45, 2.75) is 32.4 Å². The van der Waals surface area contributed by atoms with E-state index in [9.17, 15) is 8.42 Å². The predicted molar refractivity (Wildman–Crippen MR) is 82.2 cm³/mol. The summed E-state index contributed by atoms with van der Waals surface area (Å²) < 4.78 is 31.0. The molecule has 1 saturated heterocycles. The van der Waals surface area contributed by atoms with Crippen LogP contribution >= 0.6 is 0 Å². The number of rotatable bonds is 3. The van der Waals surface area contributed by atoms with Gasteiger partial charge in [0.25, 0.3) is 0 Å². The first-order valence-electron chi connectivity index (χ1n) is 7.01. The average Bonchev–Trinajstić information content (AvgIpc) is 2.88.